The highest BCUT2D eigenvalue weighted by Gasteiger charge is 2.33. The van der Waals surface area contributed by atoms with Crippen LogP contribution in [0.4, 0.5) is 4.79 Å². The molecule has 0 spiro atoms. The minimum atomic E-state index is -0.854. The van der Waals surface area contributed by atoms with Crippen LogP contribution in [0.2, 0.25) is 0 Å². The first-order valence-electron chi connectivity index (χ1n) is 9.34. The molecule has 2 rings (SSSR count). The van der Waals surface area contributed by atoms with E-state index in [2.05, 4.69) is 15.3 Å². The van der Waals surface area contributed by atoms with Crippen molar-refractivity contribution >= 4 is 40.4 Å². The molecule has 0 aliphatic carbocycles. The van der Waals surface area contributed by atoms with Gasteiger partial charge in [0.2, 0.25) is 5.91 Å². The van der Waals surface area contributed by atoms with Gasteiger partial charge in [0.15, 0.2) is 11.5 Å². The van der Waals surface area contributed by atoms with Crippen LogP contribution in [-0.4, -0.2) is 61.8 Å². The maximum atomic E-state index is 12.2. The van der Waals surface area contributed by atoms with Gasteiger partial charge in [-0.1, -0.05) is 17.8 Å². The van der Waals surface area contributed by atoms with Crippen molar-refractivity contribution in [1.29, 1.82) is 0 Å². The summed E-state index contributed by atoms with van der Waals surface area (Å²) >= 11 is 1.03. The van der Waals surface area contributed by atoms with Crippen molar-refractivity contribution in [1.82, 2.24) is 5.32 Å². The van der Waals surface area contributed by atoms with Crippen molar-refractivity contribution in [2.45, 2.75) is 20.3 Å². The Morgan fingerprint density at radius 1 is 1.17 bits per heavy atom. The van der Waals surface area contributed by atoms with E-state index >= 15 is 0 Å². The molecule has 0 bridgehead atoms. The van der Waals surface area contributed by atoms with E-state index in [4.69, 9.17) is 14.2 Å². The van der Waals surface area contributed by atoms with Gasteiger partial charge in [0.25, 0.3) is 0 Å². The summed E-state index contributed by atoms with van der Waals surface area (Å²) in [6, 6.07) is 4.87. The third-order valence-electron chi connectivity index (χ3n) is 4.20. The van der Waals surface area contributed by atoms with Gasteiger partial charge >= 0.3 is 12.0 Å². The predicted octanol–water partition coefficient (Wildman–Crippen LogP) is 2.27. The quantitative estimate of drug-likeness (QED) is 0.592. The van der Waals surface area contributed by atoms with Crippen molar-refractivity contribution in [3.63, 3.8) is 0 Å². The van der Waals surface area contributed by atoms with Crippen LogP contribution in [0.25, 0.3) is 0 Å². The number of amides is 3. The number of nitrogens with zero attached hydrogens (tertiary/aromatic N) is 2. The predicted molar refractivity (Wildman–Crippen MR) is 115 cm³/mol. The molecule has 1 atom stereocenters. The number of nitrogens with one attached hydrogen (secondary N) is 1. The molecule has 1 unspecified atom stereocenters. The minimum Gasteiger partial charge on any atom is -0.493 e. The maximum Gasteiger partial charge on any atom is 0.367 e. The number of carbonyl (C=O) groups excluding carboxylic acids is 3. The molecule has 1 aromatic carbocycles. The lowest BCUT2D eigenvalue weighted by Crippen LogP contribution is -2.35. The average molecular weight is 436 g/mol. The molecule has 1 aliphatic rings. The third-order valence-corrected chi connectivity index (χ3v) is 5.23. The van der Waals surface area contributed by atoms with Gasteiger partial charge in [-0.2, -0.15) is 9.98 Å². The van der Waals surface area contributed by atoms with Crippen molar-refractivity contribution in [2.75, 3.05) is 33.1 Å². The lowest BCUT2D eigenvalue weighted by molar-refractivity contribution is -0.143. The van der Waals surface area contributed by atoms with Gasteiger partial charge in [-0.3, -0.25) is 9.59 Å². The van der Waals surface area contributed by atoms with Gasteiger partial charge in [0.1, 0.15) is 5.92 Å². The topological polar surface area (TPSA) is 116 Å². The van der Waals surface area contributed by atoms with Gasteiger partial charge in [-0.15, -0.1) is 0 Å². The second-order valence-corrected chi connectivity index (χ2v) is 7.24. The van der Waals surface area contributed by atoms with Gasteiger partial charge in [-0.05, 0) is 38.0 Å². The summed E-state index contributed by atoms with van der Waals surface area (Å²) in [6.07, 6.45) is 0.605. The van der Waals surface area contributed by atoms with Crippen LogP contribution < -0.4 is 14.8 Å². The van der Waals surface area contributed by atoms with E-state index in [1.165, 1.54) is 0 Å². The first-order valence-corrected chi connectivity index (χ1v) is 10.3. The lowest BCUT2D eigenvalue weighted by Gasteiger charge is -2.19. The number of ether oxygens (including phenoxy) is 3. The number of methoxy groups -OCH3 is 2. The number of rotatable bonds is 9. The van der Waals surface area contributed by atoms with Gasteiger partial charge in [-0.25, -0.2) is 4.79 Å². The molecule has 3 amide bonds. The van der Waals surface area contributed by atoms with Gasteiger partial charge < -0.3 is 19.5 Å². The number of hydrogen-bond donors (Lipinski definition) is 1. The minimum absolute atomic E-state index is 0.0151. The summed E-state index contributed by atoms with van der Waals surface area (Å²) in [5.74, 6) is -0.350. The Kier molecular flexibility index (Phi) is 8.85. The maximum absolute atomic E-state index is 12.2. The van der Waals surface area contributed by atoms with Crippen LogP contribution in [0.5, 0.6) is 11.5 Å². The highest BCUT2D eigenvalue weighted by molar-refractivity contribution is 8.14. The normalized spacial score (nSPS) is 15.7. The highest BCUT2D eigenvalue weighted by atomic mass is 32.2. The number of thioether (sulfide) groups is 1. The van der Waals surface area contributed by atoms with E-state index in [0.717, 1.165) is 17.3 Å². The second-order valence-electron chi connectivity index (χ2n) is 6.25. The molecule has 162 valence electrons. The fraction of sp³-hybridized carbons (Fsp3) is 0.450. The zero-order chi connectivity index (χ0) is 22.1. The zero-order valence-electron chi connectivity index (χ0n) is 17.4. The number of carbonyl (C=O) groups is 3. The first-order chi connectivity index (χ1) is 14.4. The standard InChI is InChI=1S/C20H25N3O6S/c1-5-29-19(25)17-12(2)22-20(26)23-18(17)30-11-16(24)21-9-8-13-6-7-14(27-3)15(10-13)28-4/h6-7,10,17H,5,8-9,11H2,1-4H3,(H,21,24). The summed E-state index contributed by atoms with van der Waals surface area (Å²) in [5, 5.41) is 3.03. The van der Waals surface area contributed by atoms with E-state index in [0.29, 0.717) is 30.2 Å². The summed E-state index contributed by atoms with van der Waals surface area (Å²) in [7, 11) is 3.13. The number of hydrogen-bond acceptors (Lipinski definition) is 7. The van der Waals surface area contributed by atoms with Crippen molar-refractivity contribution < 1.29 is 28.6 Å². The van der Waals surface area contributed by atoms with Crippen LogP contribution in [0.1, 0.15) is 19.4 Å². The van der Waals surface area contributed by atoms with Crippen molar-refractivity contribution in [2.24, 2.45) is 15.9 Å². The molecule has 10 heteroatoms. The highest BCUT2D eigenvalue weighted by Crippen LogP contribution is 2.27. The number of urea groups is 1. The van der Waals surface area contributed by atoms with Gasteiger partial charge in [0.05, 0.1) is 31.6 Å². The molecule has 1 heterocycles. The van der Waals surface area contributed by atoms with E-state index in [1.54, 1.807) is 28.1 Å². The Hall–Kier alpha value is -2.88. The number of esters is 1. The van der Waals surface area contributed by atoms with Crippen molar-refractivity contribution in [3.8, 4) is 11.5 Å². The number of aliphatic imine (C=N–C) groups is 2. The summed E-state index contributed by atoms with van der Waals surface area (Å²) < 4.78 is 15.5. The van der Waals surface area contributed by atoms with Crippen LogP contribution in [-0.2, 0) is 20.7 Å². The molecule has 0 saturated carbocycles. The summed E-state index contributed by atoms with van der Waals surface area (Å²) in [5.41, 5.74) is 1.29. The Morgan fingerprint density at radius 3 is 2.57 bits per heavy atom. The van der Waals surface area contributed by atoms with E-state index in [9.17, 15) is 14.4 Å². The molecule has 0 fully saturated rings. The van der Waals surface area contributed by atoms with E-state index in [1.807, 2.05) is 18.2 Å². The molecule has 1 aliphatic heterocycles. The van der Waals surface area contributed by atoms with Crippen LogP contribution in [0.15, 0.2) is 28.2 Å². The third kappa shape index (κ3) is 6.31. The van der Waals surface area contributed by atoms with Crippen LogP contribution in [0.3, 0.4) is 0 Å². The molecular weight excluding hydrogens is 410 g/mol. The smallest absolute Gasteiger partial charge is 0.367 e. The Morgan fingerprint density at radius 2 is 1.90 bits per heavy atom. The summed E-state index contributed by atoms with van der Waals surface area (Å²) in [4.78, 5) is 43.5. The van der Waals surface area contributed by atoms with Crippen molar-refractivity contribution in [3.05, 3.63) is 23.8 Å². The molecule has 0 saturated heterocycles. The van der Waals surface area contributed by atoms with E-state index in [-0.39, 0.29) is 23.3 Å². The molecule has 0 aromatic heterocycles. The Labute approximate surface area is 179 Å². The summed E-state index contributed by atoms with van der Waals surface area (Å²) in [6.45, 7) is 3.87. The van der Waals surface area contributed by atoms with E-state index < -0.39 is 17.9 Å². The van der Waals surface area contributed by atoms with Gasteiger partial charge in [0, 0.05) is 12.3 Å². The molecule has 1 aromatic rings. The fourth-order valence-corrected chi connectivity index (χ4v) is 3.72. The SMILES string of the molecule is CCOC(=O)C1C(C)=NC(=O)N=C1SCC(=O)NCCc1ccc(OC)c(OC)c1. The molecule has 30 heavy (non-hydrogen) atoms. The largest absolute Gasteiger partial charge is 0.493 e. The fourth-order valence-electron chi connectivity index (χ4n) is 2.76. The zero-order valence-corrected chi connectivity index (χ0v) is 18.2. The first kappa shape index (κ1) is 23.4. The lowest BCUT2D eigenvalue weighted by atomic mass is 10.1. The average Bonchev–Trinajstić information content (AvgIpc) is 2.71. The Bertz CT molecular complexity index is 868. The van der Waals surface area contributed by atoms with Crippen LogP contribution >= 0.6 is 11.8 Å². The Balaban J connectivity index is 1.87. The molecule has 9 nitrogen and oxygen atoms in total. The number of benzene rings is 1. The second kappa shape index (κ2) is 11.3. The molecule has 0 radical (unpaired) electrons. The monoisotopic (exact) mass is 435 g/mol. The van der Waals surface area contributed by atoms with Crippen LogP contribution in [0, 0.1) is 5.92 Å². The molecule has 1 N–H and O–H groups in total. The molecular formula is C20H25N3O6S.